The van der Waals surface area contributed by atoms with Crippen LogP contribution in [0.25, 0.3) is 0 Å². The minimum atomic E-state index is -0.486. The van der Waals surface area contributed by atoms with Gasteiger partial charge in [0.25, 0.3) is 5.91 Å². The van der Waals surface area contributed by atoms with Gasteiger partial charge in [-0.2, -0.15) is 0 Å². The zero-order valence-electron chi connectivity index (χ0n) is 11.0. The second-order valence-corrected chi connectivity index (χ2v) is 5.60. The maximum absolute atomic E-state index is 12.4. The first kappa shape index (κ1) is 14.2. The number of hydrogen-bond donors (Lipinski definition) is 1. The molecule has 5 nitrogen and oxygen atoms in total. The zero-order valence-corrected chi connectivity index (χ0v) is 11.7. The molecule has 1 saturated heterocycles. The van der Waals surface area contributed by atoms with Crippen LogP contribution >= 0.6 is 11.6 Å². The normalized spacial score (nSPS) is 22.3. The van der Waals surface area contributed by atoms with Crippen molar-refractivity contribution < 1.29 is 14.6 Å². The monoisotopic (exact) mass is 284 g/mol. The van der Waals surface area contributed by atoms with Gasteiger partial charge in [0.05, 0.1) is 18.3 Å². The summed E-state index contributed by atoms with van der Waals surface area (Å²) in [5, 5.41) is 9.53. The van der Waals surface area contributed by atoms with E-state index in [0.29, 0.717) is 18.8 Å². The van der Waals surface area contributed by atoms with Gasteiger partial charge in [-0.1, -0.05) is 17.7 Å². The summed E-state index contributed by atoms with van der Waals surface area (Å²) in [6, 6.07) is 4.94. The van der Waals surface area contributed by atoms with Crippen LogP contribution in [0, 0.1) is 0 Å². The van der Waals surface area contributed by atoms with Crippen LogP contribution in [0.4, 0.5) is 0 Å². The summed E-state index contributed by atoms with van der Waals surface area (Å²) in [7, 11) is 0. The van der Waals surface area contributed by atoms with Crippen LogP contribution < -0.4 is 0 Å². The van der Waals surface area contributed by atoms with E-state index in [4.69, 9.17) is 16.3 Å². The standard InChI is InChI=1S/C13H17ClN2O3/c1-13(2)8-16(6-9(7-17)19-13)12(18)10-4-3-5-11(14)15-10/h3-5,9,17H,6-8H2,1-2H3. The molecule has 1 unspecified atom stereocenters. The third kappa shape index (κ3) is 3.43. The average molecular weight is 285 g/mol. The molecule has 19 heavy (non-hydrogen) atoms. The highest BCUT2D eigenvalue weighted by atomic mass is 35.5. The van der Waals surface area contributed by atoms with Gasteiger partial charge in [-0.3, -0.25) is 4.79 Å². The van der Waals surface area contributed by atoms with E-state index >= 15 is 0 Å². The van der Waals surface area contributed by atoms with Crippen molar-refractivity contribution in [2.24, 2.45) is 0 Å². The third-order valence-electron chi connectivity index (χ3n) is 2.91. The number of hydrogen-bond acceptors (Lipinski definition) is 4. The molecule has 2 heterocycles. The summed E-state index contributed by atoms with van der Waals surface area (Å²) in [5.74, 6) is -0.197. The van der Waals surface area contributed by atoms with Crippen molar-refractivity contribution in [2.45, 2.75) is 25.6 Å². The Bertz CT molecular complexity index is 479. The summed E-state index contributed by atoms with van der Waals surface area (Å²) in [5.41, 5.74) is -0.179. The van der Waals surface area contributed by atoms with E-state index in [1.54, 1.807) is 23.1 Å². The number of ether oxygens (including phenoxy) is 1. The molecule has 2 rings (SSSR count). The van der Waals surface area contributed by atoms with Gasteiger partial charge >= 0.3 is 0 Å². The van der Waals surface area contributed by atoms with Crippen LogP contribution in [0.5, 0.6) is 0 Å². The topological polar surface area (TPSA) is 62.7 Å². The fourth-order valence-electron chi connectivity index (χ4n) is 2.23. The maximum Gasteiger partial charge on any atom is 0.272 e. The summed E-state index contributed by atoms with van der Waals surface area (Å²) < 4.78 is 5.67. The highest BCUT2D eigenvalue weighted by Crippen LogP contribution is 2.22. The van der Waals surface area contributed by atoms with Crippen molar-refractivity contribution in [1.82, 2.24) is 9.88 Å². The lowest BCUT2D eigenvalue weighted by Gasteiger charge is -2.42. The van der Waals surface area contributed by atoms with E-state index in [2.05, 4.69) is 4.98 Å². The molecule has 0 spiro atoms. The quantitative estimate of drug-likeness (QED) is 0.833. The van der Waals surface area contributed by atoms with Crippen molar-refractivity contribution in [2.75, 3.05) is 19.7 Å². The molecule has 1 amide bonds. The van der Waals surface area contributed by atoms with E-state index in [-0.39, 0.29) is 23.8 Å². The van der Waals surface area contributed by atoms with Crippen molar-refractivity contribution >= 4 is 17.5 Å². The number of carbonyl (C=O) groups is 1. The highest BCUT2D eigenvalue weighted by molar-refractivity contribution is 6.29. The van der Waals surface area contributed by atoms with Crippen LogP contribution in [-0.4, -0.2) is 52.3 Å². The molecule has 104 valence electrons. The zero-order chi connectivity index (χ0) is 14.0. The SMILES string of the molecule is CC1(C)CN(C(=O)c2cccc(Cl)n2)CC(CO)O1. The lowest BCUT2D eigenvalue weighted by Crippen LogP contribution is -2.55. The fraction of sp³-hybridized carbons (Fsp3) is 0.538. The van der Waals surface area contributed by atoms with E-state index in [0.717, 1.165) is 0 Å². The molecule has 1 N–H and O–H groups in total. The molecule has 1 aromatic heterocycles. The maximum atomic E-state index is 12.4. The lowest BCUT2D eigenvalue weighted by molar-refractivity contribution is -0.139. The Hall–Kier alpha value is -1.17. The number of amides is 1. The summed E-state index contributed by atoms with van der Waals surface area (Å²) in [4.78, 5) is 18.0. The van der Waals surface area contributed by atoms with E-state index < -0.39 is 5.60 Å². The van der Waals surface area contributed by atoms with Crippen molar-refractivity contribution in [3.63, 3.8) is 0 Å². The summed E-state index contributed by atoms with van der Waals surface area (Å²) in [6.45, 7) is 4.47. The second kappa shape index (κ2) is 5.45. The first-order chi connectivity index (χ1) is 8.91. The number of morpholine rings is 1. The van der Waals surface area contributed by atoms with Crippen molar-refractivity contribution in [3.05, 3.63) is 29.0 Å². The summed E-state index contributed by atoms with van der Waals surface area (Å²) in [6.07, 6.45) is -0.369. The third-order valence-corrected chi connectivity index (χ3v) is 3.12. The molecule has 1 aromatic rings. The first-order valence-electron chi connectivity index (χ1n) is 6.12. The minimum absolute atomic E-state index is 0.115. The molecule has 6 heteroatoms. The van der Waals surface area contributed by atoms with Gasteiger partial charge in [-0.25, -0.2) is 4.98 Å². The number of pyridine rings is 1. The minimum Gasteiger partial charge on any atom is -0.394 e. The average Bonchev–Trinajstić information content (AvgIpc) is 2.36. The second-order valence-electron chi connectivity index (χ2n) is 5.21. The molecular formula is C13H17ClN2O3. The van der Waals surface area contributed by atoms with Gasteiger partial charge in [0.2, 0.25) is 0 Å². The Labute approximate surface area is 117 Å². The van der Waals surface area contributed by atoms with Gasteiger partial charge in [-0.15, -0.1) is 0 Å². The molecule has 1 aliphatic heterocycles. The molecule has 0 bridgehead atoms. The lowest BCUT2D eigenvalue weighted by atomic mass is 10.0. The number of aliphatic hydroxyl groups is 1. The number of aliphatic hydroxyl groups excluding tert-OH is 1. The van der Waals surface area contributed by atoms with E-state index in [1.165, 1.54) is 0 Å². The van der Waals surface area contributed by atoms with Crippen LogP contribution in [-0.2, 0) is 4.74 Å². The Balaban J connectivity index is 2.18. The molecule has 0 aliphatic carbocycles. The number of aromatic nitrogens is 1. The number of rotatable bonds is 2. The predicted octanol–water partition coefficient (Wildman–Crippen LogP) is 1.35. The van der Waals surface area contributed by atoms with Crippen molar-refractivity contribution in [1.29, 1.82) is 0 Å². The predicted molar refractivity (Wildman–Crippen MR) is 71.2 cm³/mol. The Morgan fingerprint density at radius 2 is 2.37 bits per heavy atom. The largest absolute Gasteiger partial charge is 0.394 e. The molecular weight excluding hydrogens is 268 g/mol. The van der Waals surface area contributed by atoms with E-state index in [9.17, 15) is 9.90 Å². The van der Waals surface area contributed by atoms with Gasteiger partial charge < -0.3 is 14.7 Å². The Morgan fingerprint density at radius 3 is 3.00 bits per heavy atom. The fourth-order valence-corrected chi connectivity index (χ4v) is 2.40. The van der Waals surface area contributed by atoms with Gasteiger partial charge in [0, 0.05) is 13.1 Å². The van der Waals surface area contributed by atoms with Gasteiger partial charge in [-0.05, 0) is 26.0 Å². The molecule has 1 atom stereocenters. The van der Waals surface area contributed by atoms with Crippen LogP contribution in [0.1, 0.15) is 24.3 Å². The van der Waals surface area contributed by atoms with Gasteiger partial charge in [0.1, 0.15) is 10.8 Å². The van der Waals surface area contributed by atoms with E-state index in [1.807, 2.05) is 13.8 Å². The van der Waals surface area contributed by atoms with Crippen LogP contribution in [0.2, 0.25) is 5.15 Å². The Morgan fingerprint density at radius 1 is 1.63 bits per heavy atom. The smallest absolute Gasteiger partial charge is 0.272 e. The van der Waals surface area contributed by atoms with Crippen LogP contribution in [0.3, 0.4) is 0 Å². The summed E-state index contributed by atoms with van der Waals surface area (Å²) >= 11 is 5.79. The number of nitrogens with zero attached hydrogens (tertiary/aromatic N) is 2. The van der Waals surface area contributed by atoms with Crippen LogP contribution in [0.15, 0.2) is 18.2 Å². The first-order valence-corrected chi connectivity index (χ1v) is 6.49. The molecule has 1 aliphatic rings. The number of carbonyl (C=O) groups excluding carboxylic acids is 1. The molecule has 0 saturated carbocycles. The highest BCUT2D eigenvalue weighted by Gasteiger charge is 2.35. The number of halogens is 1. The molecule has 0 radical (unpaired) electrons. The van der Waals surface area contributed by atoms with Crippen molar-refractivity contribution in [3.8, 4) is 0 Å². The molecule has 1 fully saturated rings. The Kier molecular flexibility index (Phi) is 4.08. The van der Waals surface area contributed by atoms with Gasteiger partial charge in [0.15, 0.2) is 0 Å². The molecule has 0 aromatic carbocycles.